The standard InChI is InChI=1S/C10H22N2O/c1-3-12(10-4-5-10)8-6-11-7-9-13-2/h10-11H,3-9H2,1-2H3. The zero-order valence-corrected chi connectivity index (χ0v) is 8.88. The van der Waals surface area contributed by atoms with Crippen LogP contribution in [0.5, 0.6) is 0 Å². The molecular weight excluding hydrogens is 164 g/mol. The van der Waals surface area contributed by atoms with Crippen LogP contribution in [0.25, 0.3) is 0 Å². The van der Waals surface area contributed by atoms with Crippen molar-refractivity contribution in [2.24, 2.45) is 0 Å². The predicted octanol–water partition coefficient (Wildman–Crippen LogP) is 0.707. The van der Waals surface area contributed by atoms with Gasteiger partial charge in [-0.25, -0.2) is 0 Å². The normalized spacial score (nSPS) is 16.8. The molecule has 13 heavy (non-hydrogen) atoms. The molecule has 3 heteroatoms. The number of likely N-dealkylation sites (N-methyl/N-ethyl adjacent to an activating group) is 1. The Balaban J connectivity index is 1.90. The van der Waals surface area contributed by atoms with Gasteiger partial charge < -0.3 is 10.1 Å². The summed E-state index contributed by atoms with van der Waals surface area (Å²) in [6.07, 6.45) is 2.82. The van der Waals surface area contributed by atoms with Gasteiger partial charge in [0.05, 0.1) is 6.61 Å². The van der Waals surface area contributed by atoms with Crippen LogP contribution >= 0.6 is 0 Å². The number of rotatable bonds is 8. The Kier molecular flexibility index (Phi) is 5.35. The predicted molar refractivity (Wildman–Crippen MR) is 55.0 cm³/mol. The van der Waals surface area contributed by atoms with Gasteiger partial charge in [-0.3, -0.25) is 4.90 Å². The smallest absolute Gasteiger partial charge is 0.0587 e. The van der Waals surface area contributed by atoms with Crippen LogP contribution in [-0.2, 0) is 4.74 Å². The molecule has 1 N–H and O–H groups in total. The van der Waals surface area contributed by atoms with Crippen molar-refractivity contribution in [2.75, 3.05) is 39.9 Å². The molecule has 1 aliphatic rings. The number of hydrogen-bond donors (Lipinski definition) is 1. The maximum absolute atomic E-state index is 4.96. The van der Waals surface area contributed by atoms with Crippen molar-refractivity contribution < 1.29 is 4.74 Å². The average Bonchev–Trinajstić information content (AvgIpc) is 2.95. The third-order valence-corrected chi connectivity index (χ3v) is 2.53. The highest BCUT2D eigenvalue weighted by atomic mass is 16.5. The van der Waals surface area contributed by atoms with E-state index in [-0.39, 0.29) is 0 Å². The lowest BCUT2D eigenvalue weighted by atomic mass is 10.4. The third-order valence-electron chi connectivity index (χ3n) is 2.53. The summed E-state index contributed by atoms with van der Waals surface area (Å²) < 4.78 is 4.96. The summed E-state index contributed by atoms with van der Waals surface area (Å²) in [6.45, 7) is 7.50. The van der Waals surface area contributed by atoms with Crippen molar-refractivity contribution in [1.82, 2.24) is 10.2 Å². The Morgan fingerprint density at radius 1 is 1.38 bits per heavy atom. The largest absolute Gasteiger partial charge is 0.383 e. The van der Waals surface area contributed by atoms with E-state index in [1.54, 1.807) is 7.11 Å². The Morgan fingerprint density at radius 3 is 2.69 bits per heavy atom. The van der Waals surface area contributed by atoms with Crippen LogP contribution in [0.1, 0.15) is 19.8 Å². The Morgan fingerprint density at radius 2 is 2.15 bits per heavy atom. The second-order valence-electron chi connectivity index (χ2n) is 3.60. The number of methoxy groups -OCH3 is 1. The molecule has 0 heterocycles. The van der Waals surface area contributed by atoms with Gasteiger partial charge in [-0.2, -0.15) is 0 Å². The molecule has 3 nitrogen and oxygen atoms in total. The van der Waals surface area contributed by atoms with Crippen molar-refractivity contribution in [2.45, 2.75) is 25.8 Å². The lowest BCUT2D eigenvalue weighted by molar-refractivity contribution is 0.196. The number of hydrogen-bond acceptors (Lipinski definition) is 3. The highest BCUT2D eigenvalue weighted by molar-refractivity contribution is 4.83. The number of nitrogens with zero attached hydrogens (tertiary/aromatic N) is 1. The fourth-order valence-corrected chi connectivity index (χ4v) is 1.56. The first-order valence-electron chi connectivity index (χ1n) is 5.32. The minimum absolute atomic E-state index is 0.815. The molecule has 0 saturated heterocycles. The lowest BCUT2D eigenvalue weighted by Crippen LogP contribution is -2.34. The van der Waals surface area contributed by atoms with Gasteiger partial charge in [0.25, 0.3) is 0 Å². The summed E-state index contributed by atoms with van der Waals surface area (Å²) in [6, 6.07) is 0.897. The van der Waals surface area contributed by atoms with Crippen molar-refractivity contribution in [1.29, 1.82) is 0 Å². The molecular formula is C10H22N2O. The molecule has 1 rings (SSSR count). The van der Waals surface area contributed by atoms with E-state index in [0.717, 1.165) is 25.7 Å². The van der Waals surface area contributed by atoms with E-state index in [2.05, 4.69) is 17.1 Å². The topological polar surface area (TPSA) is 24.5 Å². The molecule has 0 amide bonds. The lowest BCUT2D eigenvalue weighted by Gasteiger charge is -2.19. The fourth-order valence-electron chi connectivity index (χ4n) is 1.56. The minimum atomic E-state index is 0.815. The van der Waals surface area contributed by atoms with E-state index < -0.39 is 0 Å². The van der Waals surface area contributed by atoms with Crippen molar-refractivity contribution in [3.05, 3.63) is 0 Å². The summed E-state index contributed by atoms with van der Waals surface area (Å²) in [4.78, 5) is 2.56. The zero-order chi connectivity index (χ0) is 9.52. The quantitative estimate of drug-likeness (QED) is 0.565. The fraction of sp³-hybridized carbons (Fsp3) is 1.00. The van der Waals surface area contributed by atoms with E-state index in [1.165, 1.54) is 25.9 Å². The van der Waals surface area contributed by atoms with Gasteiger partial charge in [-0.15, -0.1) is 0 Å². The molecule has 1 fully saturated rings. The molecule has 0 aromatic rings. The summed E-state index contributed by atoms with van der Waals surface area (Å²) in [5, 5.41) is 3.37. The van der Waals surface area contributed by atoms with Gasteiger partial charge in [0, 0.05) is 32.8 Å². The summed E-state index contributed by atoms with van der Waals surface area (Å²) >= 11 is 0. The first kappa shape index (κ1) is 11.0. The highest BCUT2D eigenvalue weighted by Gasteiger charge is 2.26. The van der Waals surface area contributed by atoms with E-state index in [1.807, 2.05) is 0 Å². The van der Waals surface area contributed by atoms with Crippen LogP contribution in [0, 0.1) is 0 Å². The molecule has 0 unspecified atom stereocenters. The highest BCUT2D eigenvalue weighted by Crippen LogP contribution is 2.25. The summed E-state index contributed by atoms with van der Waals surface area (Å²) in [7, 11) is 1.74. The van der Waals surface area contributed by atoms with Gasteiger partial charge in [0.15, 0.2) is 0 Å². The van der Waals surface area contributed by atoms with Crippen LogP contribution in [0.4, 0.5) is 0 Å². The van der Waals surface area contributed by atoms with E-state index >= 15 is 0 Å². The van der Waals surface area contributed by atoms with Gasteiger partial charge in [-0.1, -0.05) is 6.92 Å². The Bertz CT molecular complexity index is 126. The Hall–Kier alpha value is -0.120. The zero-order valence-electron chi connectivity index (χ0n) is 8.88. The minimum Gasteiger partial charge on any atom is -0.383 e. The maximum Gasteiger partial charge on any atom is 0.0587 e. The molecule has 78 valence electrons. The van der Waals surface area contributed by atoms with Crippen molar-refractivity contribution in [3.63, 3.8) is 0 Å². The molecule has 1 aliphatic carbocycles. The van der Waals surface area contributed by atoms with Crippen molar-refractivity contribution in [3.8, 4) is 0 Å². The van der Waals surface area contributed by atoms with Crippen LogP contribution in [0.3, 0.4) is 0 Å². The molecule has 0 atom stereocenters. The van der Waals surface area contributed by atoms with Crippen molar-refractivity contribution >= 4 is 0 Å². The van der Waals surface area contributed by atoms with Crippen LogP contribution < -0.4 is 5.32 Å². The third kappa shape index (κ3) is 4.60. The first-order chi connectivity index (χ1) is 6.38. The maximum atomic E-state index is 4.96. The monoisotopic (exact) mass is 186 g/mol. The van der Waals surface area contributed by atoms with Crippen LogP contribution in [0.2, 0.25) is 0 Å². The first-order valence-corrected chi connectivity index (χ1v) is 5.32. The van der Waals surface area contributed by atoms with Gasteiger partial charge >= 0.3 is 0 Å². The van der Waals surface area contributed by atoms with Crippen LogP contribution in [-0.4, -0.2) is 50.8 Å². The molecule has 0 aromatic carbocycles. The number of ether oxygens (including phenoxy) is 1. The van der Waals surface area contributed by atoms with Gasteiger partial charge in [0.1, 0.15) is 0 Å². The molecule has 0 aromatic heterocycles. The molecule has 0 bridgehead atoms. The summed E-state index contributed by atoms with van der Waals surface area (Å²) in [5.74, 6) is 0. The second kappa shape index (κ2) is 6.35. The van der Waals surface area contributed by atoms with E-state index in [4.69, 9.17) is 4.74 Å². The van der Waals surface area contributed by atoms with Gasteiger partial charge in [-0.05, 0) is 19.4 Å². The SMILES string of the molecule is CCN(CCNCCOC)C1CC1. The number of nitrogens with one attached hydrogen (secondary N) is 1. The molecule has 0 aliphatic heterocycles. The van der Waals surface area contributed by atoms with E-state index in [9.17, 15) is 0 Å². The summed E-state index contributed by atoms with van der Waals surface area (Å²) in [5.41, 5.74) is 0. The van der Waals surface area contributed by atoms with E-state index in [0.29, 0.717) is 0 Å². The average molecular weight is 186 g/mol. The molecule has 1 saturated carbocycles. The molecule has 0 spiro atoms. The van der Waals surface area contributed by atoms with Crippen LogP contribution in [0.15, 0.2) is 0 Å². The molecule has 0 radical (unpaired) electrons. The van der Waals surface area contributed by atoms with Gasteiger partial charge in [0.2, 0.25) is 0 Å². The second-order valence-corrected chi connectivity index (χ2v) is 3.60. The Labute approximate surface area is 81.4 Å².